The van der Waals surface area contributed by atoms with Gasteiger partial charge >= 0.3 is 0 Å². The second kappa shape index (κ2) is 2.57. The molecule has 1 heterocycles. The van der Waals surface area contributed by atoms with Crippen LogP contribution >= 0.6 is 0 Å². The molecule has 1 aliphatic carbocycles. The Morgan fingerprint density at radius 2 is 2.18 bits per heavy atom. The third-order valence-corrected chi connectivity index (χ3v) is 2.33. The molecule has 3 heteroatoms. The summed E-state index contributed by atoms with van der Waals surface area (Å²) in [5.41, 5.74) is 0. The summed E-state index contributed by atoms with van der Waals surface area (Å²) >= 11 is 0. The van der Waals surface area contributed by atoms with E-state index >= 15 is 0 Å². The molecule has 1 saturated carbocycles. The second-order valence-electron chi connectivity index (χ2n) is 3.17. The lowest BCUT2D eigenvalue weighted by Gasteiger charge is -2.36. The number of carbonyl (C=O) groups is 1. The first-order chi connectivity index (χ1) is 5.27. The van der Waals surface area contributed by atoms with Gasteiger partial charge in [0.05, 0.1) is 5.92 Å². The highest BCUT2D eigenvalue weighted by atomic mass is 16.9. The Bertz CT molecular complexity index is 172. The molecular formula is C8H12O3. The van der Waals surface area contributed by atoms with Crippen molar-refractivity contribution in [2.24, 2.45) is 5.92 Å². The van der Waals surface area contributed by atoms with Crippen molar-refractivity contribution in [1.29, 1.82) is 0 Å². The van der Waals surface area contributed by atoms with Gasteiger partial charge in [-0.3, -0.25) is 4.79 Å². The van der Waals surface area contributed by atoms with E-state index in [0.29, 0.717) is 12.2 Å². The van der Waals surface area contributed by atoms with Gasteiger partial charge in [0.15, 0.2) is 12.6 Å². The molecule has 1 aliphatic heterocycles. The lowest BCUT2D eigenvalue weighted by molar-refractivity contribution is -0.387. The number of Topliss-reactive ketones (excluding diaryl/α,β-unsaturated/α-hetero) is 1. The molecule has 2 fully saturated rings. The maximum Gasteiger partial charge on any atom is 0.173 e. The molecule has 1 unspecified atom stereocenters. The molecule has 1 atom stereocenters. The van der Waals surface area contributed by atoms with Crippen LogP contribution in [0.5, 0.6) is 0 Å². The van der Waals surface area contributed by atoms with E-state index in [1.807, 2.05) is 6.92 Å². The number of hydrogen-bond acceptors (Lipinski definition) is 3. The van der Waals surface area contributed by atoms with Crippen LogP contribution in [-0.4, -0.2) is 18.4 Å². The minimum atomic E-state index is -0.222. The molecule has 0 radical (unpaired) electrons. The summed E-state index contributed by atoms with van der Waals surface area (Å²) in [6.07, 6.45) is 2.33. The van der Waals surface area contributed by atoms with Crippen molar-refractivity contribution in [3.8, 4) is 0 Å². The quantitative estimate of drug-likeness (QED) is 0.569. The van der Waals surface area contributed by atoms with Crippen LogP contribution in [0.15, 0.2) is 0 Å². The average molecular weight is 156 g/mol. The number of rotatable bonds is 1. The molecule has 0 spiro atoms. The number of ether oxygens (including phenoxy) is 2. The molecule has 0 bridgehead atoms. The third kappa shape index (κ3) is 1.19. The van der Waals surface area contributed by atoms with Gasteiger partial charge in [-0.15, -0.1) is 0 Å². The van der Waals surface area contributed by atoms with Gasteiger partial charge in [-0.2, -0.15) is 0 Å². The average Bonchev–Trinajstić information content (AvgIpc) is 2.29. The second-order valence-corrected chi connectivity index (χ2v) is 3.17. The molecule has 62 valence electrons. The molecule has 3 nitrogen and oxygen atoms in total. The minimum Gasteiger partial charge on any atom is -0.323 e. The summed E-state index contributed by atoms with van der Waals surface area (Å²) in [7, 11) is 0. The standard InChI is InChI=1S/C8H12O3/c1-5-10-8(11-5)6-3-2-4-7(6)9/h5-6,8H,2-4H2,1H3. The van der Waals surface area contributed by atoms with Gasteiger partial charge in [0, 0.05) is 6.42 Å². The highest BCUT2D eigenvalue weighted by Gasteiger charge is 2.40. The smallest absolute Gasteiger partial charge is 0.173 e. The van der Waals surface area contributed by atoms with Crippen LogP contribution in [0.4, 0.5) is 0 Å². The summed E-state index contributed by atoms with van der Waals surface area (Å²) < 4.78 is 10.5. The fraction of sp³-hybridized carbons (Fsp3) is 0.875. The van der Waals surface area contributed by atoms with Crippen molar-refractivity contribution >= 4 is 5.78 Å². The Hall–Kier alpha value is -0.410. The molecule has 11 heavy (non-hydrogen) atoms. The van der Waals surface area contributed by atoms with E-state index in [-0.39, 0.29) is 18.5 Å². The van der Waals surface area contributed by atoms with E-state index in [4.69, 9.17) is 9.47 Å². The van der Waals surface area contributed by atoms with Crippen molar-refractivity contribution in [1.82, 2.24) is 0 Å². The Labute approximate surface area is 65.7 Å². The van der Waals surface area contributed by atoms with Gasteiger partial charge in [-0.1, -0.05) is 0 Å². The molecule has 0 aromatic rings. The van der Waals surface area contributed by atoms with Gasteiger partial charge in [0.2, 0.25) is 0 Å². The highest BCUT2D eigenvalue weighted by Crippen LogP contribution is 2.32. The Morgan fingerprint density at radius 1 is 1.45 bits per heavy atom. The van der Waals surface area contributed by atoms with Crippen LogP contribution in [0.1, 0.15) is 26.2 Å². The van der Waals surface area contributed by atoms with Gasteiger partial charge in [-0.05, 0) is 19.8 Å². The summed E-state index contributed by atoms with van der Waals surface area (Å²) in [6.45, 7) is 1.84. The van der Waals surface area contributed by atoms with Gasteiger partial charge < -0.3 is 9.47 Å². The van der Waals surface area contributed by atoms with Crippen molar-refractivity contribution < 1.29 is 14.3 Å². The SMILES string of the molecule is CC1OC(C2CCCC2=O)O1. The van der Waals surface area contributed by atoms with Crippen LogP contribution in [0.25, 0.3) is 0 Å². The molecule has 0 aromatic heterocycles. The normalized spacial score (nSPS) is 44.1. The number of ketones is 1. The van der Waals surface area contributed by atoms with Crippen LogP contribution < -0.4 is 0 Å². The first-order valence-corrected chi connectivity index (χ1v) is 4.11. The maximum atomic E-state index is 11.2. The van der Waals surface area contributed by atoms with Crippen molar-refractivity contribution in [3.63, 3.8) is 0 Å². The summed E-state index contributed by atoms with van der Waals surface area (Å²) in [5, 5.41) is 0. The van der Waals surface area contributed by atoms with E-state index in [9.17, 15) is 4.79 Å². The predicted molar refractivity (Wildman–Crippen MR) is 37.8 cm³/mol. The van der Waals surface area contributed by atoms with E-state index in [2.05, 4.69) is 0 Å². The zero-order valence-electron chi connectivity index (χ0n) is 6.58. The first kappa shape index (κ1) is 7.25. The summed E-state index contributed by atoms with van der Waals surface area (Å²) in [6, 6.07) is 0. The van der Waals surface area contributed by atoms with Gasteiger partial charge in [0.25, 0.3) is 0 Å². The molecule has 0 N–H and O–H groups in total. The summed E-state index contributed by atoms with van der Waals surface area (Å²) in [4.78, 5) is 11.2. The summed E-state index contributed by atoms with van der Waals surface area (Å²) in [5.74, 6) is 0.341. The zero-order valence-corrected chi connectivity index (χ0v) is 6.58. The Kier molecular flexibility index (Phi) is 1.69. The van der Waals surface area contributed by atoms with E-state index in [0.717, 1.165) is 12.8 Å². The molecule has 0 amide bonds. The topological polar surface area (TPSA) is 35.5 Å². The number of carbonyl (C=O) groups excluding carboxylic acids is 1. The van der Waals surface area contributed by atoms with Crippen molar-refractivity contribution in [2.45, 2.75) is 38.8 Å². The largest absolute Gasteiger partial charge is 0.323 e. The molecule has 1 saturated heterocycles. The fourth-order valence-corrected chi connectivity index (χ4v) is 1.71. The van der Waals surface area contributed by atoms with Crippen LogP contribution in [0.3, 0.4) is 0 Å². The van der Waals surface area contributed by atoms with Crippen LogP contribution in [0.2, 0.25) is 0 Å². The van der Waals surface area contributed by atoms with Crippen LogP contribution in [0, 0.1) is 5.92 Å². The number of hydrogen-bond donors (Lipinski definition) is 0. The van der Waals surface area contributed by atoms with E-state index in [1.165, 1.54) is 0 Å². The molecular weight excluding hydrogens is 144 g/mol. The minimum absolute atomic E-state index is 0.0335. The third-order valence-electron chi connectivity index (χ3n) is 2.33. The van der Waals surface area contributed by atoms with Crippen molar-refractivity contribution in [3.05, 3.63) is 0 Å². The zero-order chi connectivity index (χ0) is 7.84. The van der Waals surface area contributed by atoms with Crippen molar-refractivity contribution in [2.75, 3.05) is 0 Å². The van der Waals surface area contributed by atoms with E-state index < -0.39 is 0 Å². The predicted octanol–water partition coefficient (Wildman–Crippen LogP) is 1.07. The molecule has 2 aliphatic rings. The van der Waals surface area contributed by atoms with Gasteiger partial charge in [-0.25, -0.2) is 0 Å². The van der Waals surface area contributed by atoms with E-state index in [1.54, 1.807) is 0 Å². The molecule has 0 aromatic carbocycles. The Morgan fingerprint density at radius 3 is 2.64 bits per heavy atom. The maximum absolute atomic E-state index is 11.2. The monoisotopic (exact) mass is 156 g/mol. The highest BCUT2D eigenvalue weighted by molar-refractivity contribution is 5.83. The molecule has 2 rings (SSSR count). The first-order valence-electron chi connectivity index (χ1n) is 4.11. The Balaban J connectivity index is 1.90. The van der Waals surface area contributed by atoms with Gasteiger partial charge in [0.1, 0.15) is 5.78 Å². The lowest BCUT2D eigenvalue weighted by atomic mass is 10.1. The fourth-order valence-electron chi connectivity index (χ4n) is 1.71. The lowest BCUT2D eigenvalue weighted by Crippen LogP contribution is -2.45. The van der Waals surface area contributed by atoms with Crippen LogP contribution in [-0.2, 0) is 14.3 Å².